The molecular weight excluding hydrogens is 244 g/mol. The third-order valence-electron chi connectivity index (χ3n) is 3.09. The van der Waals surface area contributed by atoms with Crippen LogP contribution in [0, 0.1) is 0 Å². The highest BCUT2D eigenvalue weighted by Gasteiger charge is 2.35. The van der Waals surface area contributed by atoms with Gasteiger partial charge in [-0.25, -0.2) is 14.5 Å². The fourth-order valence-electron chi connectivity index (χ4n) is 2.07. The number of methoxy groups -OCH3 is 1. The number of nitrogens with zero attached hydrogens (tertiary/aromatic N) is 3. The second-order valence-corrected chi connectivity index (χ2v) is 4.66. The Labute approximate surface area is 114 Å². The molecule has 0 spiro atoms. The number of esters is 1. The van der Waals surface area contributed by atoms with Crippen molar-refractivity contribution in [3.05, 3.63) is 11.6 Å². The van der Waals surface area contributed by atoms with Crippen LogP contribution < -0.4 is 5.32 Å². The van der Waals surface area contributed by atoms with E-state index in [-0.39, 0.29) is 5.97 Å². The number of rotatable bonds is 7. The van der Waals surface area contributed by atoms with E-state index in [1.165, 1.54) is 7.11 Å². The first-order valence-corrected chi connectivity index (χ1v) is 6.76. The number of carbonyl (C=O) groups is 1. The number of likely N-dealkylation sites (N-methyl/N-ethyl adjacent to an activating group) is 1. The molecule has 1 aromatic rings. The topological polar surface area (TPSA) is 69.0 Å². The summed E-state index contributed by atoms with van der Waals surface area (Å²) in [6.07, 6.45) is 1.58. The first kappa shape index (κ1) is 15.6. The molecule has 0 radical (unpaired) electrons. The summed E-state index contributed by atoms with van der Waals surface area (Å²) in [5.41, 5.74) is -0.786. The van der Waals surface area contributed by atoms with Crippen molar-refractivity contribution in [2.24, 2.45) is 0 Å². The number of aromatic nitrogens is 3. The molecule has 1 heterocycles. The van der Waals surface area contributed by atoms with Gasteiger partial charge in [-0.2, -0.15) is 5.10 Å². The minimum Gasteiger partial charge on any atom is -0.468 e. The highest BCUT2D eigenvalue weighted by Crippen LogP contribution is 2.12. The fourth-order valence-corrected chi connectivity index (χ4v) is 2.07. The Kier molecular flexibility index (Phi) is 5.47. The van der Waals surface area contributed by atoms with Crippen molar-refractivity contribution in [1.82, 2.24) is 20.1 Å². The van der Waals surface area contributed by atoms with Crippen LogP contribution in [0.2, 0.25) is 0 Å². The summed E-state index contributed by atoms with van der Waals surface area (Å²) in [6, 6.07) is 0. The Morgan fingerprint density at radius 1 is 1.37 bits per heavy atom. The van der Waals surface area contributed by atoms with Crippen molar-refractivity contribution in [2.45, 2.75) is 52.6 Å². The van der Waals surface area contributed by atoms with Crippen molar-refractivity contribution >= 4 is 5.97 Å². The second-order valence-electron chi connectivity index (χ2n) is 4.66. The van der Waals surface area contributed by atoms with Crippen LogP contribution in [0.1, 0.15) is 39.3 Å². The third kappa shape index (κ3) is 3.53. The first-order chi connectivity index (χ1) is 9.00. The van der Waals surface area contributed by atoms with Crippen LogP contribution in [0.4, 0.5) is 0 Å². The van der Waals surface area contributed by atoms with Crippen molar-refractivity contribution in [2.75, 3.05) is 13.7 Å². The van der Waals surface area contributed by atoms with E-state index in [1.807, 2.05) is 27.7 Å². The highest BCUT2D eigenvalue weighted by molar-refractivity contribution is 5.80. The van der Waals surface area contributed by atoms with E-state index < -0.39 is 5.54 Å². The predicted octanol–water partition coefficient (Wildman–Crippen LogP) is 0.944. The van der Waals surface area contributed by atoms with Crippen LogP contribution >= 0.6 is 0 Å². The van der Waals surface area contributed by atoms with Crippen LogP contribution in [0.25, 0.3) is 0 Å². The summed E-state index contributed by atoms with van der Waals surface area (Å²) in [6.45, 7) is 8.94. The van der Waals surface area contributed by atoms with Gasteiger partial charge in [-0.05, 0) is 13.5 Å². The summed E-state index contributed by atoms with van der Waals surface area (Å²) in [4.78, 5) is 16.4. The zero-order valence-electron chi connectivity index (χ0n) is 12.5. The number of hydrogen-bond acceptors (Lipinski definition) is 5. The SMILES string of the molecule is CCNC(C)(Cn1nc(CC)nc1CC)C(=O)OC. The molecule has 0 aliphatic carbocycles. The lowest BCUT2D eigenvalue weighted by Gasteiger charge is -2.27. The van der Waals surface area contributed by atoms with Crippen LogP contribution in [-0.4, -0.2) is 39.9 Å². The van der Waals surface area contributed by atoms with Gasteiger partial charge in [0, 0.05) is 12.8 Å². The third-order valence-corrected chi connectivity index (χ3v) is 3.09. The predicted molar refractivity (Wildman–Crippen MR) is 72.9 cm³/mol. The standard InChI is InChI=1S/C13H24N4O2/c1-6-10-15-11(7-2)17(16-10)9-13(4,14-8-3)12(18)19-5/h14H,6-9H2,1-5H3. The van der Waals surface area contributed by atoms with E-state index in [9.17, 15) is 4.79 Å². The minimum absolute atomic E-state index is 0.287. The van der Waals surface area contributed by atoms with Crippen molar-refractivity contribution in [3.63, 3.8) is 0 Å². The fraction of sp³-hybridized carbons (Fsp3) is 0.769. The van der Waals surface area contributed by atoms with E-state index in [0.717, 1.165) is 24.5 Å². The molecule has 1 atom stereocenters. The largest absolute Gasteiger partial charge is 0.468 e. The van der Waals surface area contributed by atoms with Gasteiger partial charge in [-0.1, -0.05) is 20.8 Å². The van der Waals surface area contributed by atoms with Crippen LogP contribution in [-0.2, 0) is 28.9 Å². The quantitative estimate of drug-likeness (QED) is 0.745. The van der Waals surface area contributed by atoms with E-state index in [4.69, 9.17) is 4.74 Å². The van der Waals surface area contributed by atoms with Crippen LogP contribution in [0.5, 0.6) is 0 Å². The molecule has 108 valence electrons. The molecular formula is C13H24N4O2. The number of carbonyl (C=O) groups excluding carboxylic acids is 1. The summed E-state index contributed by atoms with van der Waals surface area (Å²) >= 11 is 0. The number of ether oxygens (including phenoxy) is 1. The molecule has 0 amide bonds. The van der Waals surface area contributed by atoms with Crippen molar-refractivity contribution < 1.29 is 9.53 Å². The highest BCUT2D eigenvalue weighted by atomic mass is 16.5. The Morgan fingerprint density at radius 2 is 2.05 bits per heavy atom. The number of aryl methyl sites for hydroxylation is 2. The summed E-state index contributed by atoms with van der Waals surface area (Å²) in [5, 5.41) is 7.61. The van der Waals surface area contributed by atoms with E-state index in [0.29, 0.717) is 13.1 Å². The van der Waals surface area contributed by atoms with Gasteiger partial charge in [0.05, 0.1) is 13.7 Å². The maximum atomic E-state index is 12.0. The molecule has 0 aliphatic rings. The van der Waals surface area contributed by atoms with Gasteiger partial charge in [-0.15, -0.1) is 0 Å². The number of nitrogens with one attached hydrogen (secondary N) is 1. The van der Waals surface area contributed by atoms with Crippen LogP contribution in [0.15, 0.2) is 0 Å². The molecule has 0 bridgehead atoms. The molecule has 0 aromatic carbocycles. The molecule has 1 N–H and O–H groups in total. The summed E-state index contributed by atoms with van der Waals surface area (Å²) in [5.74, 6) is 1.41. The van der Waals surface area contributed by atoms with E-state index in [1.54, 1.807) is 4.68 Å². The average Bonchev–Trinajstić information content (AvgIpc) is 2.79. The Morgan fingerprint density at radius 3 is 2.53 bits per heavy atom. The second kappa shape index (κ2) is 6.65. The molecule has 0 saturated carbocycles. The Bertz CT molecular complexity index is 430. The smallest absolute Gasteiger partial charge is 0.327 e. The van der Waals surface area contributed by atoms with Gasteiger partial charge < -0.3 is 10.1 Å². The molecule has 1 aromatic heterocycles. The maximum absolute atomic E-state index is 12.0. The zero-order chi connectivity index (χ0) is 14.5. The molecule has 19 heavy (non-hydrogen) atoms. The maximum Gasteiger partial charge on any atom is 0.327 e. The number of hydrogen-bond donors (Lipinski definition) is 1. The Hall–Kier alpha value is -1.43. The van der Waals surface area contributed by atoms with E-state index in [2.05, 4.69) is 15.4 Å². The molecule has 1 rings (SSSR count). The summed E-state index contributed by atoms with van der Waals surface area (Å²) in [7, 11) is 1.40. The van der Waals surface area contributed by atoms with Gasteiger partial charge >= 0.3 is 5.97 Å². The van der Waals surface area contributed by atoms with Crippen LogP contribution in [0.3, 0.4) is 0 Å². The summed E-state index contributed by atoms with van der Waals surface area (Å²) < 4.78 is 6.69. The van der Waals surface area contributed by atoms with Gasteiger partial charge in [0.25, 0.3) is 0 Å². The van der Waals surface area contributed by atoms with Gasteiger partial charge in [0.2, 0.25) is 0 Å². The minimum atomic E-state index is -0.786. The zero-order valence-corrected chi connectivity index (χ0v) is 12.5. The average molecular weight is 268 g/mol. The lowest BCUT2D eigenvalue weighted by Crippen LogP contribution is -2.53. The van der Waals surface area contributed by atoms with Gasteiger partial charge in [-0.3, -0.25) is 0 Å². The van der Waals surface area contributed by atoms with Gasteiger partial charge in [0.15, 0.2) is 5.82 Å². The normalized spacial score (nSPS) is 14.2. The monoisotopic (exact) mass is 268 g/mol. The molecule has 6 nitrogen and oxygen atoms in total. The molecule has 0 aliphatic heterocycles. The van der Waals surface area contributed by atoms with Gasteiger partial charge in [0.1, 0.15) is 11.4 Å². The van der Waals surface area contributed by atoms with Crippen molar-refractivity contribution in [3.8, 4) is 0 Å². The molecule has 0 fully saturated rings. The lowest BCUT2D eigenvalue weighted by atomic mass is 10.0. The lowest BCUT2D eigenvalue weighted by molar-refractivity contribution is -0.148. The first-order valence-electron chi connectivity index (χ1n) is 6.76. The molecule has 0 saturated heterocycles. The van der Waals surface area contributed by atoms with E-state index >= 15 is 0 Å². The molecule has 6 heteroatoms. The Balaban J connectivity index is 3.02. The van der Waals surface area contributed by atoms with Crippen molar-refractivity contribution in [1.29, 1.82) is 0 Å². The molecule has 1 unspecified atom stereocenters.